The molecule has 4 nitrogen and oxygen atoms in total. The van der Waals surface area contributed by atoms with Crippen LogP contribution in [0.25, 0.3) is 0 Å². The molecule has 3 saturated carbocycles. The minimum absolute atomic E-state index is 0. The fourth-order valence-electron chi connectivity index (χ4n) is 5.29. The van der Waals surface area contributed by atoms with Crippen molar-refractivity contribution < 1.29 is 4.79 Å². The molecular weight excluding hydrogens is 389 g/mol. The van der Waals surface area contributed by atoms with Gasteiger partial charge in [0.1, 0.15) is 5.01 Å². The maximum absolute atomic E-state index is 13.1. The number of nitrogens with zero attached hydrogens (tertiary/aromatic N) is 1. The summed E-state index contributed by atoms with van der Waals surface area (Å²) in [4.78, 5) is 17.8. The molecule has 2 unspecified atom stereocenters. The van der Waals surface area contributed by atoms with Gasteiger partial charge in [0.15, 0.2) is 0 Å². The van der Waals surface area contributed by atoms with Crippen molar-refractivity contribution in [3.8, 4) is 0 Å². The van der Waals surface area contributed by atoms with Crippen molar-refractivity contribution in [1.29, 1.82) is 0 Å². The van der Waals surface area contributed by atoms with E-state index in [4.69, 9.17) is 10.7 Å². The fourth-order valence-corrected chi connectivity index (χ4v) is 6.30. The number of halogens is 2. The van der Waals surface area contributed by atoms with Gasteiger partial charge in [-0.05, 0) is 57.3 Å². The van der Waals surface area contributed by atoms with Gasteiger partial charge in [0.25, 0.3) is 0 Å². The highest BCUT2D eigenvalue weighted by Gasteiger charge is 2.44. The van der Waals surface area contributed by atoms with Gasteiger partial charge in [-0.25, -0.2) is 4.98 Å². The van der Waals surface area contributed by atoms with E-state index in [0.29, 0.717) is 17.9 Å². The van der Waals surface area contributed by atoms with Crippen molar-refractivity contribution in [1.82, 2.24) is 10.3 Å². The van der Waals surface area contributed by atoms with Crippen molar-refractivity contribution in [2.45, 2.75) is 76.3 Å². The van der Waals surface area contributed by atoms with E-state index in [-0.39, 0.29) is 42.2 Å². The first-order valence-corrected chi connectivity index (χ1v) is 10.5. The van der Waals surface area contributed by atoms with E-state index < -0.39 is 0 Å². The highest BCUT2D eigenvalue weighted by Crippen LogP contribution is 2.44. The lowest BCUT2D eigenvalue weighted by Crippen LogP contribution is -2.52. The predicted octanol–water partition coefficient (Wildman–Crippen LogP) is 4.33. The third kappa shape index (κ3) is 4.06. The van der Waals surface area contributed by atoms with Gasteiger partial charge < -0.3 is 11.1 Å². The molecular formula is C19H31Cl2N3OS. The van der Waals surface area contributed by atoms with E-state index in [9.17, 15) is 4.79 Å². The number of aromatic nitrogens is 1. The molecule has 0 aliphatic heterocycles. The standard InChI is InChI=1S/C19H29N3OS.2ClH/c1-12-11-24-18(21-12)19(7-2-3-8-19)22-17(23)15-9-13-5-4-6-14(10-15)16(13)20;;/h11,13-16H,2-10,20H2,1H3,(H,22,23);2*1H. The van der Waals surface area contributed by atoms with Crippen LogP contribution in [0.2, 0.25) is 0 Å². The molecule has 1 aromatic heterocycles. The SMILES string of the molecule is Cc1csc(C2(NC(=O)C3CC4CCCC(C3)C4N)CCCC2)n1.Cl.Cl. The van der Waals surface area contributed by atoms with E-state index >= 15 is 0 Å². The molecule has 1 heterocycles. The molecule has 3 N–H and O–H groups in total. The number of amides is 1. The number of nitrogens with two attached hydrogens (primary N) is 1. The second kappa shape index (κ2) is 8.76. The van der Waals surface area contributed by atoms with Crippen LogP contribution in [0.3, 0.4) is 0 Å². The van der Waals surface area contributed by atoms with Crippen LogP contribution in [0.15, 0.2) is 5.38 Å². The summed E-state index contributed by atoms with van der Waals surface area (Å²) in [5, 5.41) is 6.68. The molecule has 0 spiro atoms. The zero-order valence-corrected chi connectivity index (χ0v) is 17.9. The average molecular weight is 420 g/mol. The van der Waals surface area contributed by atoms with E-state index in [0.717, 1.165) is 36.4 Å². The summed E-state index contributed by atoms with van der Waals surface area (Å²) in [5.41, 5.74) is 7.25. The number of carbonyl (C=O) groups excluding carboxylic acids is 1. The normalized spacial score (nSPS) is 32.2. The topological polar surface area (TPSA) is 68.0 Å². The summed E-state index contributed by atoms with van der Waals surface area (Å²) in [6.45, 7) is 2.04. The molecule has 2 atom stereocenters. The summed E-state index contributed by atoms with van der Waals surface area (Å²) in [7, 11) is 0. The molecule has 0 radical (unpaired) electrons. The number of nitrogens with one attached hydrogen (secondary N) is 1. The Hall–Kier alpha value is -0.360. The summed E-state index contributed by atoms with van der Waals surface area (Å²) >= 11 is 1.71. The van der Waals surface area contributed by atoms with Crippen LogP contribution in [-0.2, 0) is 10.3 Å². The first-order valence-electron chi connectivity index (χ1n) is 9.58. The van der Waals surface area contributed by atoms with Crippen LogP contribution in [0.1, 0.15) is 68.5 Å². The van der Waals surface area contributed by atoms with Gasteiger partial charge >= 0.3 is 0 Å². The van der Waals surface area contributed by atoms with E-state index in [2.05, 4.69) is 10.7 Å². The lowest BCUT2D eigenvalue weighted by molar-refractivity contribution is -0.130. The van der Waals surface area contributed by atoms with Crippen LogP contribution >= 0.6 is 36.2 Å². The Bertz CT molecular complexity index is 604. The zero-order valence-electron chi connectivity index (χ0n) is 15.4. The number of hydrogen-bond acceptors (Lipinski definition) is 4. The minimum Gasteiger partial charge on any atom is -0.344 e. The van der Waals surface area contributed by atoms with Crippen LogP contribution in [-0.4, -0.2) is 16.9 Å². The predicted molar refractivity (Wildman–Crippen MR) is 111 cm³/mol. The lowest BCUT2D eigenvalue weighted by atomic mass is 9.65. The Labute approximate surface area is 172 Å². The first kappa shape index (κ1) is 21.9. The number of hydrogen-bond donors (Lipinski definition) is 2. The summed E-state index contributed by atoms with van der Waals surface area (Å²) in [6.07, 6.45) is 10.1. The number of fused-ring (bicyclic) bond motifs is 2. The van der Waals surface area contributed by atoms with Gasteiger partial charge in [-0.15, -0.1) is 36.2 Å². The van der Waals surface area contributed by atoms with Crippen LogP contribution in [0, 0.1) is 24.7 Å². The Morgan fingerprint density at radius 1 is 1.19 bits per heavy atom. The van der Waals surface area contributed by atoms with Crippen LogP contribution in [0.4, 0.5) is 0 Å². The van der Waals surface area contributed by atoms with E-state index in [1.54, 1.807) is 11.3 Å². The van der Waals surface area contributed by atoms with Gasteiger partial charge in [0.05, 0.1) is 5.54 Å². The van der Waals surface area contributed by atoms with Crippen molar-refractivity contribution >= 4 is 42.1 Å². The minimum atomic E-state index is -0.204. The molecule has 1 amide bonds. The van der Waals surface area contributed by atoms with Crippen molar-refractivity contribution in [3.63, 3.8) is 0 Å². The Kier molecular flexibility index (Phi) is 7.39. The molecule has 1 aromatic rings. The Balaban J connectivity index is 0.00000121. The second-order valence-electron chi connectivity index (χ2n) is 8.27. The van der Waals surface area contributed by atoms with E-state index in [1.165, 1.54) is 32.1 Å². The van der Waals surface area contributed by atoms with Gasteiger partial charge in [-0.1, -0.05) is 19.3 Å². The molecule has 148 valence electrons. The third-order valence-electron chi connectivity index (χ3n) is 6.63. The Morgan fingerprint density at radius 2 is 1.81 bits per heavy atom. The molecule has 26 heavy (non-hydrogen) atoms. The van der Waals surface area contributed by atoms with Crippen molar-refractivity contribution in [3.05, 3.63) is 16.1 Å². The maximum atomic E-state index is 13.1. The summed E-state index contributed by atoms with van der Waals surface area (Å²) in [6, 6.07) is 0.324. The van der Waals surface area contributed by atoms with Crippen LogP contribution < -0.4 is 11.1 Å². The fraction of sp³-hybridized carbons (Fsp3) is 0.789. The van der Waals surface area contributed by atoms with Gasteiger partial charge in [0.2, 0.25) is 5.91 Å². The highest BCUT2D eigenvalue weighted by atomic mass is 35.5. The first-order chi connectivity index (χ1) is 11.6. The van der Waals surface area contributed by atoms with Crippen molar-refractivity contribution in [2.24, 2.45) is 23.5 Å². The molecule has 3 aliphatic carbocycles. The average Bonchev–Trinajstić information content (AvgIpc) is 3.17. The monoisotopic (exact) mass is 419 g/mol. The highest BCUT2D eigenvalue weighted by molar-refractivity contribution is 7.09. The van der Waals surface area contributed by atoms with Crippen LogP contribution in [0.5, 0.6) is 0 Å². The van der Waals surface area contributed by atoms with Gasteiger partial charge in [-0.2, -0.15) is 0 Å². The maximum Gasteiger partial charge on any atom is 0.223 e. The smallest absolute Gasteiger partial charge is 0.223 e. The molecule has 3 aliphatic rings. The lowest BCUT2D eigenvalue weighted by Gasteiger charge is -2.44. The third-order valence-corrected chi connectivity index (χ3v) is 7.80. The largest absolute Gasteiger partial charge is 0.344 e. The number of carbonyl (C=O) groups is 1. The zero-order chi connectivity index (χ0) is 16.7. The number of thiazole rings is 1. The molecule has 3 fully saturated rings. The van der Waals surface area contributed by atoms with Crippen molar-refractivity contribution in [2.75, 3.05) is 0 Å². The molecule has 7 heteroatoms. The van der Waals surface area contributed by atoms with Gasteiger partial charge in [-0.3, -0.25) is 4.79 Å². The van der Waals surface area contributed by atoms with Gasteiger partial charge in [0, 0.05) is 23.0 Å². The molecule has 0 aromatic carbocycles. The second-order valence-corrected chi connectivity index (χ2v) is 9.13. The summed E-state index contributed by atoms with van der Waals surface area (Å²) in [5.74, 6) is 1.51. The molecule has 2 bridgehead atoms. The van der Waals surface area contributed by atoms with E-state index in [1.807, 2.05) is 6.92 Å². The molecule has 0 saturated heterocycles. The quantitative estimate of drug-likeness (QED) is 0.765. The summed E-state index contributed by atoms with van der Waals surface area (Å²) < 4.78 is 0. The number of aryl methyl sites for hydroxylation is 1. The Morgan fingerprint density at radius 3 is 2.35 bits per heavy atom. The molecule has 4 rings (SSSR count). The number of rotatable bonds is 3.